The van der Waals surface area contributed by atoms with Gasteiger partial charge in [0.15, 0.2) is 0 Å². The number of halogens is 2. The number of hydrogen-bond donors (Lipinski definition) is 1. The second kappa shape index (κ2) is 4.82. The monoisotopic (exact) mass is 249 g/mol. The SMILES string of the molecule is CC(O)(Cc1cccc(F)c1)c1cncc(F)c1. The molecule has 1 aromatic heterocycles. The first kappa shape index (κ1) is 12.6. The number of nitrogens with zero attached hydrogens (tertiary/aromatic N) is 1. The van der Waals surface area contributed by atoms with E-state index in [1.807, 2.05) is 0 Å². The van der Waals surface area contributed by atoms with Crippen LogP contribution in [0.15, 0.2) is 42.7 Å². The summed E-state index contributed by atoms with van der Waals surface area (Å²) >= 11 is 0. The molecule has 4 heteroatoms. The summed E-state index contributed by atoms with van der Waals surface area (Å²) in [5.41, 5.74) is -0.279. The van der Waals surface area contributed by atoms with Crippen LogP contribution in [-0.4, -0.2) is 10.1 Å². The highest BCUT2D eigenvalue weighted by Gasteiger charge is 2.24. The molecule has 1 heterocycles. The zero-order valence-corrected chi connectivity index (χ0v) is 9.90. The first-order valence-electron chi connectivity index (χ1n) is 5.55. The molecule has 2 nitrogen and oxygen atoms in total. The second-order valence-electron chi connectivity index (χ2n) is 4.47. The molecule has 0 spiro atoms. The highest BCUT2D eigenvalue weighted by Crippen LogP contribution is 2.25. The Morgan fingerprint density at radius 3 is 2.61 bits per heavy atom. The normalized spacial score (nSPS) is 14.2. The molecule has 2 rings (SSSR count). The number of rotatable bonds is 3. The summed E-state index contributed by atoms with van der Waals surface area (Å²) in [6, 6.07) is 7.20. The van der Waals surface area contributed by atoms with Gasteiger partial charge in [0, 0.05) is 18.2 Å². The van der Waals surface area contributed by atoms with Crippen LogP contribution in [0.1, 0.15) is 18.1 Å². The molecule has 94 valence electrons. The van der Waals surface area contributed by atoms with E-state index in [0.29, 0.717) is 11.1 Å². The van der Waals surface area contributed by atoms with Crippen molar-refractivity contribution < 1.29 is 13.9 Å². The van der Waals surface area contributed by atoms with E-state index in [1.165, 1.54) is 24.4 Å². The van der Waals surface area contributed by atoms with Gasteiger partial charge in [0.2, 0.25) is 0 Å². The molecule has 1 N–H and O–H groups in total. The maximum atomic E-state index is 13.1. The molecule has 0 amide bonds. The Hall–Kier alpha value is -1.81. The lowest BCUT2D eigenvalue weighted by atomic mass is 9.90. The van der Waals surface area contributed by atoms with Crippen LogP contribution in [0, 0.1) is 11.6 Å². The van der Waals surface area contributed by atoms with Crippen molar-refractivity contribution in [3.05, 3.63) is 65.5 Å². The fourth-order valence-corrected chi connectivity index (χ4v) is 1.85. The Bertz CT molecular complexity index is 555. The molecule has 0 bridgehead atoms. The summed E-state index contributed by atoms with van der Waals surface area (Å²) in [7, 11) is 0. The van der Waals surface area contributed by atoms with E-state index in [4.69, 9.17) is 0 Å². The Morgan fingerprint density at radius 2 is 1.94 bits per heavy atom. The van der Waals surface area contributed by atoms with Gasteiger partial charge in [-0.3, -0.25) is 4.98 Å². The molecule has 0 aliphatic carbocycles. The van der Waals surface area contributed by atoms with E-state index in [2.05, 4.69) is 4.98 Å². The molecular weight excluding hydrogens is 236 g/mol. The molecule has 0 radical (unpaired) electrons. The first-order valence-corrected chi connectivity index (χ1v) is 5.55. The third-order valence-corrected chi connectivity index (χ3v) is 2.76. The van der Waals surface area contributed by atoms with Crippen molar-refractivity contribution in [2.45, 2.75) is 18.9 Å². The molecule has 18 heavy (non-hydrogen) atoms. The molecule has 2 aromatic rings. The minimum absolute atomic E-state index is 0.190. The predicted molar refractivity (Wildman–Crippen MR) is 63.9 cm³/mol. The van der Waals surface area contributed by atoms with Crippen LogP contribution in [0.4, 0.5) is 8.78 Å². The molecule has 0 saturated heterocycles. The fraction of sp³-hybridized carbons (Fsp3) is 0.214. The average molecular weight is 249 g/mol. The van der Waals surface area contributed by atoms with Crippen LogP contribution < -0.4 is 0 Å². The highest BCUT2D eigenvalue weighted by molar-refractivity contribution is 5.24. The summed E-state index contributed by atoms with van der Waals surface area (Å²) in [4.78, 5) is 3.70. The van der Waals surface area contributed by atoms with Gasteiger partial charge in [-0.1, -0.05) is 12.1 Å². The van der Waals surface area contributed by atoms with Crippen LogP contribution in [0.25, 0.3) is 0 Å². The zero-order valence-electron chi connectivity index (χ0n) is 9.90. The summed E-state index contributed by atoms with van der Waals surface area (Å²) in [6.07, 6.45) is 2.67. The second-order valence-corrected chi connectivity index (χ2v) is 4.47. The van der Waals surface area contributed by atoms with E-state index in [0.717, 1.165) is 6.20 Å². The van der Waals surface area contributed by atoms with Crippen LogP contribution in [0.2, 0.25) is 0 Å². The van der Waals surface area contributed by atoms with Crippen molar-refractivity contribution >= 4 is 0 Å². The van der Waals surface area contributed by atoms with Crippen molar-refractivity contribution in [1.29, 1.82) is 0 Å². The molecule has 0 fully saturated rings. The third-order valence-electron chi connectivity index (χ3n) is 2.76. The van der Waals surface area contributed by atoms with E-state index in [1.54, 1.807) is 19.1 Å². The maximum Gasteiger partial charge on any atom is 0.141 e. The smallest absolute Gasteiger partial charge is 0.141 e. The number of pyridine rings is 1. The van der Waals surface area contributed by atoms with E-state index in [-0.39, 0.29) is 12.2 Å². The molecule has 1 aromatic carbocycles. The Kier molecular flexibility index (Phi) is 3.39. The van der Waals surface area contributed by atoms with E-state index < -0.39 is 11.4 Å². The number of aliphatic hydroxyl groups is 1. The average Bonchev–Trinajstić information content (AvgIpc) is 2.28. The van der Waals surface area contributed by atoms with Gasteiger partial charge in [0.1, 0.15) is 11.6 Å². The molecule has 1 atom stereocenters. The molecule has 1 unspecified atom stereocenters. The van der Waals surface area contributed by atoms with Crippen molar-refractivity contribution in [2.75, 3.05) is 0 Å². The number of aromatic nitrogens is 1. The molecule has 0 aliphatic heterocycles. The van der Waals surface area contributed by atoms with Gasteiger partial charge in [-0.15, -0.1) is 0 Å². The minimum Gasteiger partial charge on any atom is -0.385 e. The minimum atomic E-state index is -1.29. The molecule has 0 saturated carbocycles. The van der Waals surface area contributed by atoms with Gasteiger partial charge in [-0.25, -0.2) is 8.78 Å². The predicted octanol–water partition coefficient (Wildman–Crippen LogP) is 2.81. The Balaban J connectivity index is 2.26. The third kappa shape index (κ3) is 2.90. The van der Waals surface area contributed by atoms with Crippen molar-refractivity contribution in [3.8, 4) is 0 Å². The number of hydrogen-bond acceptors (Lipinski definition) is 2. The summed E-state index contributed by atoms with van der Waals surface area (Å²) in [5, 5.41) is 10.3. The van der Waals surface area contributed by atoms with Gasteiger partial charge in [-0.05, 0) is 30.7 Å². The number of benzene rings is 1. The maximum absolute atomic E-state index is 13.1. The fourth-order valence-electron chi connectivity index (χ4n) is 1.85. The summed E-state index contributed by atoms with van der Waals surface area (Å²) in [5.74, 6) is -0.868. The standard InChI is InChI=1S/C14H13F2NO/c1-14(18,11-6-13(16)9-17-8-11)7-10-3-2-4-12(15)5-10/h2-6,8-9,18H,7H2,1H3. The van der Waals surface area contributed by atoms with Crippen molar-refractivity contribution in [2.24, 2.45) is 0 Å². The van der Waals surface area contributed by atoms with Gasteiger partial charge in [-0.2, -0.15) is 0 Å². The van der Waals surface area contributed by atoms with Gasteiger partial charge in [0.05, 0.1) is 11.8 Å². The first-order chi connectivity index (χ1) is 8.47. The van der Waals surface area contributed by atoms with Crippen LogP contribution >= 0.6 is 0 Å². The lowest BCUT2D eigenvalue weighted by Crippen LogP contribution is -2.24. The summed E-state index contributed by atoms with van der Waals surface area (Å²) < 4.78 is 26.1. The Labute approximate surface area is 104 Å². The van der Waals surface area contributed by atoms with Gasteiger partial charge >= 0.3 is 0 Å². The van der Waals surface area contributed by atoms with Crippen LogP contribution in [0.5, 0.6) is 0 Å². The lowest BCUT2D eigenvalue weighted by Gasteiger charge is -2.23. The summed E-state index contributed by atoms with van der Waals surface area (Å²) in [6.45, 7) is 1.55. The highest BCUT2D eigenvalue weighted by atomic mass is 19.1. The van der Waals surface area contributed by atoms with Crippen molar-refractivity contribution in [1.82, 2.24) is 4.98 Å². The van der Waals surface area contributed by atoms with Crippen LogP contribution in [-0.2, 0) is 12.0 Å². The zero-order chi connectivity index (χ0) is 13.2. The largest absolute Gasteiger partial charge is 0.385 e. The van der Waals surface area contributed by atoms with E-state index in [9.17, 15) is 13.9 Å². The van der Waals surface area contributed by atoms with E-state index >= 15 is 0 Å². The van der Waals surface area contributed by atoms with Gasteiger partial charge < -0.3 is 5.11 Å². The topological polar surface area (TPSA) is 33.1 Å². The Morgan fingerprint density at radius 1 is 1.17 bits per heavy atom. The van der Waals surface area contributed by atoms with Crippen molar-refractivity contribution in [3.63, 3.8) is 0 Å². The molecular formula is C14H13F2NO. The molecule has 0 aliphatic rings. The van der Waals surface area contributed by atoms with Crippen LogP contribution in [0.3, 0.4) is 0 Å². The quantitative estimate of drug-likeness (QED) is 0.907. The lowest BCUT2D eigenvalue weighted by molar-refractivity contribution is 0.0568. The van der Waals surface area contributed by atoms with Gasteiger partial charge in [0.25, 0.3) is 0 Å².